The molecule has 2 nitrogen and oxygen atoms in total. The number of ether oxygens (including phenoxy) is 1. The van der Waals surface area contributed by atoms with Gasteiger partial charge in [-0.25, -0.2) is 4.39 Å². The summed E-state index contributed by atoms with van der Waals surface area (Å²) in [4.78, 5) is 0. The van der Waals surface area contributed by atoms with Crippen LogP contribution in [0.5, 0.6) is 5.75 Å². The number of hydrogen-bond acceptors (Lipinski definition) is 2. The zero-order valence-electron chi connectivity index (χ0n) is 11.7. The number of hydrogen-bond donors (Lipinski definition) is 1. The van der Waals surface area contributed by atoms with Crippen LogP contribution in [-0.4, -0.2) is 12.6 Å². The molecule has 19 heavy (non-hydrogen) atoms. The van der Waals surface area contributed by atoms with Gasteiger partial charge >= 0.3 is 0 Å². The van der Waals surface area contributed by atoms with Crippen LogP contribution in [0.2, 0.25) is 0 Å². The highest BCUT2D eigenvalue weighted by Crippen LogP contribution is 2.28. The van der Waals surface area contributed by atoms with Crippen LogP contribution in [0.4, 0.5) is 4.39 Å². The van der Waals surface area contributed by atoms with Crippen LogP contribution in [0.3, 0.4) is 0 Å². The van der Waals surface area contributed by atoms with Crippen LogP contribution in [0.1, 0.15) is 44.7 Å². The fourth-order valence-electron chi connectivity index (χ4n) is 2.42. The van der Waals surface area contributed by atoms with Gasteiger partial charge in [0.15, 0.2) is 0 Å². The van der Waals surface area contributed by atoms with E-state index in [1.54, 1.807) is 12.1 Å². The molecule has 2 rings (SSSR count). The van der Waals surface area contributed by atoms with Crippen LogP contribution in [-0.2, 0) is 0 Å². The number of rotatable bonds is 5. The van der Waals surface area contributed by atoms with E-state index in [-0.39, 0.29) is 18.0 Å². The first-order valence-electron chi connectivity index (χ1n) is 7.07. The summed E-state index contributed by atoms with van der Waals surface area (Å²) in [5, 5.41) is 3.30. The van der Waals surface area contributed by atoms with Gasteiger partial charge in [0.05, 0.1) is 0 Å². The van der Waals surface area contributed by atoms with Crippen LogP contribution >= 0.6 is 0 Å². The highest BCUT2D eigenvalue weighted by Gasteiger charge is 2.16. The fraction of sp³-hybridized carbons (Fsp3) is 0.500. The third-order valence-electron chi connectivity index (χ3n) is 3.44. The molecule has 1 aromatic carbocycles. The summed E-state index contributed by atoms with van der Waals surface area (Å²) in [5.74, 6) is 0.567. The van der Waals surface area contributed by atoms with Crippen molar-refractivity contribution in [3.8, 4) is 5.75 Å². The van der Waals surface area contributed by atoms with E-state index in [4.69, 9.17) is 4.74 Å². The summed E-state index contributed by atoms with van der Waals surface area (Å²) in [6, 6.07) is 4.85. The van der Waals surface area contributed by atoms with E-state index < -0.39 is 0 Å². The lowest BCUT2D eigenvalue weighted by Gasteiger charge is -2.23. The van der Waals surface area contributed by atoms with Gasteiger partial charge in [-0.05, 0) is 57.0 Å². The smallest absolute Gasteiger partial charge is 0.125 e. The lowest BCUT2D eigenvalue weighted by atomic mass is 10.0. The molecule has 104 valence electrons. The summed E-state index contributed by atoms with van der Waals surface area (Å²) >= 11 is 0. The topological polar surface area (TPSA) is 21.3 Å². The molecule has 1 aliphatic carbocycles. The summed E-state index contributed by atoms with van der Waals surface area (Å²) in [6.07, 6.45) is 7.69. The molecule has 0 amide bonds. The first-order valence-corrected chi connectivity index (χ1v) is 7.07. The third kappa shape index (κ3) is 3.80. The van der Waals surface area contributed by atoms with Crippen molar-refractivity contribution in [2.75, 3.05) is 6.54 Å². The second-order valence-electron chi connectivity index (χ2n) is 4.98. The lowest BCUT2D eigenvalue weighted by Crippen LogP contribution is -2.21. The van der Waals surface area contributed by atoms with Crippen molar-refractivity contribution in [2.45, 2.75) is 45.3 Å². The Kier molecular flexibility index (Phi) is 4.97. The van der Waals surface area contributed by atoms with Crippen molar-refractivity contribution in [1.82, 2.24) is 5.32 Å². The molecule has 1 aliphatic rings. The standard InChI is InChI=1S/C16H22FNO/c1-3-18-12(2)15-11-13(17)9-10-16(15)19-14-7-5-4-6-8-14/h5,7,9-12,14,18H,3-4,6,8H2,1-2H3. The maximum Gasteiger partial charge on any atom is 0.125 e. The van der Waals surface area contributed by atoms with Gasteiger partial charge in [0.25, 0.3) is 0 Å². The van der Waals surface area contributed by atoms with Gasteiger partial charge in [-0.1, -0.05) is 13.0 Å². The molecule has 0 bridgehead atoms. The molecule has 0 spiro atoms. The average molecular weight is 263 g/mol. The predicted molar refractivity (Wildman–Crippen MR) is 75.9 cm³/mol. The minimum atomic E-state index is -0.216. The zero-order valence-corrected chi connectivity index (χ0v) is 11.7. The highest BCUT2D eigenvalue weighted by atomic mass is 19.1. The predicted octanol–water partition coefficient (Wildman–Crippen LogP) is 3.98. The van der Waals surface area contributed by atoms with E-state index >= 15 is 0 Å². The summed E-state index contributed by atoms with van der Waals surface area (Å²) < 4.78 is 19.4. The summed E-state index contributed by atoms with van der Waals surface area (Å²) in [5.41, 5.74) is 0.890. The first kappa shape index (κ1) is 14.1. The van der Waals surface area contributed by atoms with E-state index in [0.717, 1.165) is 37.1 Å². The van der Waals surface area contributed by atoms with Crippen LogP contribution in [0.15, 0.2) is 30.4 Å². The van der Waals surface area contributed by atoms with Crippen molar-refractivity contribution in [3.05, 3.63) is 41.7 Å². The van der Waals surface area contributed by atoms with Gasteiger partial charge in [-0.2, -0.15) is 0 Å². The van der Waals surface area contributed by atoms with Crippen molar-refractivity contribution in [2.24, 2.45) is 0 Å². The molecule has 0 saturated heterocycles. The van der Waals surface area contributed by atoms with Gasteiger partial charge in [0.1, 0.15) is 17.7 Å². The van der Waals surface area contributed by atoms with E-state index in [9.17, 15) is 4.39 Å². The normalized spacial score (nSPS) is 20.3. The average Bonchev–Trinajstić information content (AvgIpc) is 2.42. The highest BCUT2D eigenvalue weighted by molar-refractivity contribution is 5.36. The van der Waals surface area contributed by atoms with E-state index in [2.05, 4.69) is 17.5 Å². The van der Waals surface area contributed by atoms with Crippen LogP contribution in [0.25, 0.3) is 0 Å². The Bertz CT molecular complexity index is 444. The minimum Gasteiger partial charge on any atom is -0.486 e. The SMILES string of the molecule is CCNC(C)c1cc(F)ccc1OC1C=CCCC1. The van der Waals surface area contributed by atoms with Crippen molar-refractivity contribution >= 4 is 0 Å². The van der Waals surface area contributed by atoms with E-state index in [1.165, 1.54) is 6.07 Å². The minimum absolute atomic E-state index is 0.0864. The van der Waals surface area contributed by atoms with Crippen LogP contribution < -0.4 is 10.1 Å². The summed E-state index contributed by atoms with van der Waals surface area (Å²) in [7, 11) is 0. The molecule has 0 fully saturated rings. The second-order valence-corrected chi connectivity index (χ2v) is 4.98. The van der Waals surface area contributed by atoms with Gasteiger partial charge in [0.2, 0.25) is 0 Å². The van der Waals surface area contributed by atoms with Gasteiger partial charge < -0.3 is 10.1 Å². The molecule has 0 saturated carbocycles. The third-order valence-corrected chi connectivity index (χ3v) is 3.44. The van der Waals surface area contributed by atoms with Gasteiger partial charge in [-0.3, -0.25) is 0 Å². The molecule has 0 radical (unpaired) electrons. The molecule has 3 heteroatoms. The molecule has 0 heterocycles. The Morgan fingerprint density at radius 1 is 1.47 bits per heavy atom. The Balaban J connectivity index is 2.18. The van der Waals surface area contributed by atoms with Crippen molar-refractivity contribution < 1.29 is 9.13 Å². The molecule has 2 unspecified atom stereocenters. The molecule has 1 aromatic rings. The molecule has 1 N–H and O–H groups in total. The largest absolute Gasteiger partial charge is 0.486 e. The second kappa shape index (κ2) is 6.71. The van der Waals surface area contributed by atoms with Crippen molar-refractivity contribution in [3.63, 3.8) is 0 Å². The molecule has 2 atom stereocenters. The Morgan fingerprint density at radius 2 is 2.32 bits per heavy atom. The number of halogens is 1. The van der Waals surface area contributed by atoms with E-state index in [0.29, 0.717) is 0 Å². The monoisotopic (exact) mass is 263 g/mol. The Labute approximate surface area is 114 Å². The molecular weight excluding hydrogens is 241 g/mol. The number of allylic oxidation sites excluding steroid dienone is 1. The summed E-state index contributed by atoms with van der Waals surface area (Å²) in [6.45, 7) is 4.92. The van der Waals surface area contributed by atoms with Gasteiger partial charge in [0, 0.05) is 11.6 Å². The van der Waals surface area contributed by atoms with Crippen LogP contribution in [0, 0.1) is 5.82 Å². The maximum atomic E-state index is 13.4. The Morgan fingerprint density at radius 3 is 3.00 bits per heavy atom. The number of benzene rings is 1. The van der Waals surface area contributed by atoms with Crippen molar-refractivity contribution in [1.29, 1.82) is 0 Å². The zero-order chi connectivity index (χ0) is 13.7. The lowest BCUT2D eigenvalue weighted by molar-refractivity contribution is 0.226. The first-order chi connectivity index (χ1) is 9.20. The molecule has 0 aliphatic heterocycles. The molecular formula is C16H22FNO. The van der Waals surface area contributed by atoms with E-state index in [1.807, 2.05) is 13.8 Å². The maximum absolute atomic E-state index is 13.4. The molecule has 0 aromatic heterocycles. The Hall–Kier alpha value is -1.35. The number of nitrogens with one attached hydrogen (secondary N) is 1. The fourth-order valence-corrected chi connectivity index (χ4v) is 2.42. The quantitative estimate of drug-likeness (QED) is 0.811. The van der Waals surface area contributed by atoms with Gasteiger partial charge in [-0.15, -0.1) is 0 Å².